The van der Waals surface area contributed by atoms with Gasteiger partial charge in [-0.1, -0.05) is 78.9 Å². The molecule has 51 heavy (non-hydrogen) atoms. The Labute approximate surface area is 291 Å². The van der Waals surface area contributed by atoms with E-state index in [1.165, 1.54) is 0 Å². The molecule has 1 atom stereocenters. The number of rotatable bonds is 1. The molecule has 2 aliphatic heterocycles. The van der Waals surface area contributed by atoms with E-state index < -0.39 is 0 Å². The first-order chi connectivity index (χ1) is 25.2. The summed E-state index contributed by atoms with van der Waals surface area (Å²) in [6.07, 6.45) is 10.7. The molecular formula is C45H26N6. The van der Waals surface area contributed by atoms with Crippen LogP contribution in [-0.4, -0.2) is 31.2 Å². The van der Waals surface area contributed by atoms with Crippen molar-refractivity contribution < 1.29 is 0 Å². The largest absolute Gasteiger partial charge is 0.293 e. The van der Waals surface area contributed by atoms with Crippen LogP contribution in [0.4, 0.5) is 5.69 Å². The van der Waals surface area contributed by atoms with Crippen molar-refractivity contribution >= 4 is 71.8 Å². The summed E-state index contributed by atoms with van der Waals surface area (Å²) >= 11 is 0. The van der Waals surface area contributed by atoms with Gasteiger partial charge in [0.25, 0.3) is 0 Å². The molecule has 6 heterocycles. The highest BCUT2D eigenvalue weighted by atomic mass is 15.2. The third-order valence-corrected chi connectivity index (χ3v) is 10.6. The Bertz CT molecular complexity index is 3160. The first-order valence-corrected chi connectivity index (χ1v) is 17.3. The molecule has 12 rings (SSSR count). The van der Waals surface area contributed by atoms with Crippen LogP contribution in [0, 0.1) is 0 Å². The Morgan fingerprint density at radius 2 is 1.33 bits per heavy atom. The summed E-state index contributed by atoms with van der Waals surface area (Å²) in [4.78, 5) is 23.0. The average Bonchev–Trinajstić information content (AvgIpc) is 3.47. The molecule has 6 nitrogen and oxygen atoms in total. The number of hydrogen-bond acceptors (Lipinski definition) is 5. The van der Waals surface area contributed by atoms with Gasteiger partial charge in [0, 0.05) is 38.4 Å². The van der Waals surface area contributed by atoms with Crippen LogP contribution < -0.4 is 4.90 Å². The Kier molecular flexibility index (Phi) is 5.20. The molecule has 9 aromatic rings. The molecular weight excluding hydrogens is 625 g/mol. The fourth-order valence-electron chi connectivity index (χ4n) is 8.25. The fraction of sp³-hybridized carbons (Fsp3) is 0.0222. The predicted molar refractivity (Wildman–Crippen MR) is 208 cm³/mol. The molecule has 3 aliphatic rings. The van der Waals surface area contributed by atoms with Crippen LogP contribution in [0.25, 0.3) is 82.5 Å². The molecule has 2 bridgehead atoms. The van der Waals surface area contributed by atoms with Gasteiger partial charge in [0.05, 0.1) is 39.3 Å². The lowest BCUT2D eigenvalue weighted by Crippen LogP contribution is -2.38. The van der Waals surface area contributed by atoms with Crippen molar-refractivity contribution in [3.8, 4) is 22.3 Å². The first-order valence-electron chi connectivity index (χ1n) is 17.3. The standard InChI is InChI=1S/C45H26N6/c1-5-13-36-28(9-1)23-34-32-21-26(17-19-39(32)50-31-12-4-3-11-30(25-31)46-44(50)42(34)47-36)27-18-20-40-33(22-27)35-24-29-10-2-6-14-37(29)48-43(35)45-49-38-15-7-8-16-41(38)51(40)45/h1-25,30H. The van der Waals surface area contributed by atoms with E-state index in [2.05, 4.69) is 143 Å². The van der Waals surface area contributed by atoms with Crippen LogP contribution in [0.15, 0.2) is 162 Å². The number of nitrogens with zero attached hydrogens (tertiary/aromatic N) is 6. The zero-order valence-electron chi connectivity index (χ0n) is 27.2. The van der Waals surface area contributed by atoms with Crippen LogP contribution in [0.3, 0.4) is 0 Å². The number of pyridine rings is 3. The summed E-state index contributed by atoms with van der Waals surface area (Å²) in [7, 11) is 0. The molecule has 0 amide bonds. The van der Waals surface area contributed by atoms with E-state index in [-0.39, 0.29) is 6.04 Å². The van der Waals surface area contributed by atoms with E-state index in [1.807, 2.05) is 18.2 Å². The lowest BCUT2D eigenvalue weighted by Gasteiger charge is -2.37. The lowest BCUT2D eigenvalue weighted by molar-refractivity contribution is 0.963. The van der Waals surface area contributed by atoms with Gasteiger partial charge >= 0.3 is 0 Å². The quantitative estimate of drug-likeness (QED) is 0.131. The predicted octanol–water partition coefficient (Wildman–Crippen LogP) is 10.2. The molecule has 5 aromatic carbocycles. The van der Waals surface area contributed by atoms with Gasteiger partial charge in [-0.25, -0.2) is 15.0 Å². The summed E-state index contributed by atoms with van der Waals surface area (Å²) < 4.78 is 2.27. The Hall–Kier alpha value is -6.92. The summed E-state index contributed by atoms with van der Waals surface area (Å²) in [5.74, 6) is 0.892. The van der Waals surface area contributed by atoms with Crippen LogP contribution >= 0.6 is 0 Å². The maximum atomic E-state index is 5.24. The summed E-state index contributed by atoms with van der Waals surface area (Å²) in [5, 5.41) is 4.46. The van der Waals surface area contributed by atoms with E-state index >= 15 is 0 Å². The minimum Gasteiger partial charge on any atom is -0.293 e. The summed E-state index contributed by atoms with van der Waals surface area (Å²) in [6, 6.07) is 43.2. The number of fused-ring (bicyclic) bond motifs is 18. The van der Waals surface area contributed by atoms with Gasteiger partial charge in [-0.15, -0.1) is 0 Å². The number of hydrogen-bond donors (Lipinski definition) is 0. The highest BCUT2D eigenvalue weighted by molar-refractivity contribution is 6.22. The number of benzene rings is 5. The third-order valence-electron chi connectivity index (χ3n) is 10.6. The number of anilines is 1. The smallest absolute Gasteiger partial charge is 0.165 e. The van der Waals surface area contributed by atoms with Crippen molar-refractivity contribution in [1.82, 2.24) is 19.4 Å². The van der Waals surface area contributed by atoms with Crippen LogP contribution in [0.5, 0.6) is 0 Å². The van der Waals surface area contributed by atoms with E-state index in [0.29, 0.717) is 0 Å². The maximum absolute atomic E-state index is 5.24. The molecule has 0 fully saturated rings. The number of aliphatic imine (C=N–C) groups is 1. The molecule has 0 spiro atoms. The minimum atomic E-state index is -0.0266. The van der Waals surface area contributed by atoms with Crippen LogP contribution in [-0.2, 0) is 0 Å². The van der Waals surface area contributed by atoms with Crippen LogP contribution in [0.1, 0.15) is 5.69 Å². The molecule has 0 N–H and O–H groups in total. The second kappa shape index (κ2) is 9.83. The van der Waals surface area contributed by atoms with E-state index in [0.717, 1.165) is 105 Å². The summed E-state index contributed by atoms with van der Waals surface area (Å²) in [6.45, 7) is 0. The molecule has 1 aliphatic carbocycles. The Morgan fingerprint density at radius 3 is 2.24 bits per heavy atom. The average molecular weight is 651 g/mol. The second-order valence-electron chi connectivity index (χ2n) is 13.5. The van der Waals surface area contributed by atoms with Crippen molar-refractivity contribution in [2.24, 2.45) is 4.99 Å². The number of para-hydroxylation sites is 4. The van der Waals surface area contributed by atoms with E-state index in [9.17, 15) is 0 Å². The zero-order chi connectivity index (χ0) is 33.2. The Balaban J connectivity index is 1.13. The van der Waals surface area contributed by atoms with Gasteiger partial charge in [0.15, 0.2) is 11.5 Å². The third kappa shape index (κ3) is 3.76. The van der Waals surface area contributed by atoms with Gasteiger partial charge < -0.3 is 0 Å². The van der Waals surface area contributed by atoms with Crippen molar-refractivity contribution in [2.45, 2.75) is 6.04 Å². The number of amidine groups is 1. The van der Waals surface area contributed by atoms with Gasteiger partial charge in [-0.05, 0) is 83.9 Å². The molecule has 1 unspecified atom stereocenters. The fourth-order valence-corrected chi connectivity index (χ4v) is 8.25. The number of allylic oxidation sites excluding steroid dienone is 3. The highest BCUT2D eigenvalue weighted by Crippen LogP contribution is 2.46. The molecule has 0 saturated carbocycles. The molecule has 4 aromatic heterocycles. The Morgan fingerprint density at radius 1 is 0.569 bits per heavy atom. The summed E-state index contributed by atoms with van der Waals surface area (Å²) in [5.41, 5.74) is 14.5. The molecule has 236 valence electrons. The SMILES string of the molecule is C1=CC2=CC(C=C1)N=C1c3nc4ccccc4cc3-c3cc(-c4ccc5c(c4)c4cc6ccccc6nc4c4nc6ccccc6n54)ccc3N21. The topological polar surface area (TPSA) is 58.7 Å². The van der Waals surface area contributed by atoms with Gasteiger partial charge in [0.1, 0.15) is 11.2 Å². The van der Waals surface area contributed by atoms with Gasteiger partial charge in [-0.2, -0.15) is 0 Å². The second-order valence-corrected chi connectivity index (χ2v) is 13.5. The van der Waals surface area contributed by atoms with Crippen molar-refractivity contribution in [3.63, 3.8) is 0 Å². The zero-order valence-corrected chi connectivity index (χ0v) is 27.2. The van der Waals surface area contributed by atoms with Gasteiger partial charge in [0.2, 0.25) is 0 Å². The van der Waals surface area contributed by atoms with E-state index in [4.69, 9.17) is 19.9 Å². The number of imidazole rings is 1. The first kappa shape index (κ1) is 27.0. The molecule has 0 radical (unpaired) electrons. The van der Waals surface area contributed by atoms with Crippen molar-refractivity contribution in [3.05, 3.63) is 163 Å². The minimum absolute atomic E-state index is 0.0266. The normalized spacial score (nSPS) is 16.1. The number of aromatic nitrogens is 4. The van der Waals surface area contributed by atoms with Crippen LogP contribution in [0.2, 0.25) is 0 Å². The monoisotopic (exact) mass is 650 g/mol. The van der Waals surface area contributed by atoms with Crippen molar-refractivity contribution in [1.29, 1.82) is 0 Å². The van der Waals surface area contributed by atoms with E-state index in [1.54, 1.807) is 0 Å². The van der Waals surface area contributed by atoms with Crippen molar-refractivity contribution in [2.75, 3.05) is 4.90 Å². The maximum Gasteiger partial charge on any atom is 0.165 e. The lowest BCUT2D eigenvalue weighted by atomic mass is 9.90. The molecule has 6 heteroatoms. The van der Waals surface area contributed by atoms with Gasteiger partial charge in [-0.3, -0.25) is 14.3 Å². The highest BCUT2D eigenvalue weighted by Gasteiger charge is 2.34. The molecule has 0 saturated heterocycles.